The molecule has 0 fully saturated rings. The highest BCUT2D eigenvalue weighted by Crippen LogP contribution is 1.98. The maximum Gasteiger partial charge on any atom is 0.337 e. The van der Waals surface area contributed by atoms with Gasteiger partial charge < -0.3 is 4.74 Å². The highest BCUT2D eigenvalue weighted by atomic mass is 16.5. The molecule has 1 rings (SSSR count). The Hall–Kier alpha value is -1.31. The Kier molecular flexibility index (Phi) is 5.70. The quantitative estimate of drug-likeness (QED) is 0.599. The van der Waals surface area contributed by atoms with Gasteiger partial charge >= 0.3 is 5.97 Å². The molecule has 1 aromatic carbocycles. The summed E-state index contributed by atoms with van der Waals surface area (Å²) >= 11 is 0. The van der Waals surface area contributed by atoms with Gasteiger partial charge in [0, 0.05) is 0 Å². The molecule has 2 heteroatoms. The smallest absolute Gasteiger partial charge is 0.337 e. The van der Waals surface area contributed by atoms with Crippen LogP contribution >= 0.6 is 0 Å². The van der Waals surface area contributed by atoms with Crippen LogP contribution in [-0.4, -0.2) is 13.1 Å². The lowest BCUT2D eigenvalue weighted by Crippen LogP contribution is -1.99. The Morgan fingerprint density at radius 3 is 2.08 bits per heavy atom. The van der Waals surface area contributed by atoms with Gasteiger partial charge in [-0.15, -0.1) is 0 Å². The van der Waals surface area contributed by atoms with Gasteiger partial charge in [-0.2, -0.15) is 0 Å². The zero-order chi connectivity index (χ0) is 9.40. The van der Waals surface area contributed by atoms with E-state index in [4.69, 9.17) is 0 Å². The number of methoxy groups -OCH3 is 1. The van der Waals surface area contributed by atoms with Crippen LogP contribution in [0.1, 0.15) is 24.2 Å². The molecular weight excluding hydrogens is 152 g/mol. The van der Waals surface area contributed by atoms with Crippen LogP contribution < -0.4 is 0 Å². The molecule has 0 heterocycles. The number of rotatable bonds is 1. The monoisotopic (exact) mass is 166 g/mol. The Morgan fingerprint density at radius 1 is 1.17 bits per heavy atom. The molecule has 0 aliphatic carbocycles. The number of carbonyl (C=O) groups is 1. The van der Waals surface area contributed by atoms with Crippen molar-refractivity contribution in [1.82, 2.24) is 0 Å². The first-order chi connectivity index (χ1) is 5.84. The Bertz CT molecular complexity index is 217. The summed E-state index contributed by atoms with van der Waals surface area (Å²) in [5.41, 5.74) is 0.588. The maximum atomic E-state index is 10.8. The minimum absolute atomic E-state index is 0.291. The van der Waals surface area contributed by atoms with Crippen molar-refractivity contribution in [3.05, 3.63) is 35.9 Å². The van der Waals surface area contributed by atoms with Gasteiger partial charge in [-0.05, 0) is 12.1 Å². The fourth-order valence-corrected chi connectivity index (χ4v) is 0.692. The van der Waals surface area contributed by atoms with Gasteiger partial charge in [-0.3, -0.25) is 0 Å². The molecule has 0 radical (unpaired) electrons. The van der Waals surface area contributed by atoms with Gasteiger partial charge in [0.25, 0.3) is 0 Å². The minimum atomic E-state index is -0.291. The highest BCUT2D eigenvalue weighted by molar-refractivity contribution is 5.89. The van der Waals surface area contributed by atoms with E-state index in [-0.39, 0.29) is 5.97 Å². The number of hydrogen-bond acceptors (Lipinski definition) is 2. The zero-order valence-electron chi connectivity index (χ0n) is 7.70. The molecular formula is C10H14O2. The summed E-state index contributed by atoms with van der Waals surface area (Å²) in [5.74, 6) is -0.291. The highest BCUT2D eigenvalue weighted by Gasteiger charge is 2.00. The second-order valence-corrected chi connectivity index (χ2v) is 1.86. The minimum Gasteiger partial charge on any atom is -0.465 e. The molecule has 0 spiro atoms. The molecule has 66 valence electrons. The van der Waals surface area contributed by atoms with E-state index in [1.165, 1.54) is 7.11 Å². The van der Waals surface area contributed by atoms with Gasteiger partial charge in [-0.1, -0.05) is 32.0 Å². The van der Waals surface area contributed by atoms with Crippen LogP contribution in [-0.2, 0) is 4.74 Å². The molecule has 0 saturated heterocycles. The number of carbonyl (C=O) groups excluding carboxylic acids is 1. The Labute approximate surface area is 73.2 Å². The van der Waals surface area contributed by atoms with Crippen LogP contribution in [0.15, 0.2) is 30.3 Å². The first kappa shape index (κ1) is 10.7. The first-order valence-electron chi connectivity index (χ1n) is 3.98. The zero-order valence-corrected chi connectivity index (χ0v) is 7.70. The second kappa shape index (κ2) is 6.40. The normalized spacial score (nSPS) is 7.92. The molecule has 2 nitrogen and oxygen atoms in total. The van der Waals surface area contributed by atoms with Crippen LogP contribution in [0.4, 0.5) is 0 Å². The standard InChI is InChI=1S/C8H8O2.C2H6/c1-10-8(9)7-5-3-2-4-6-7;1-2/h2-6H,1H3;1-2H3. The van der Waals surface area contributed by atoms with E-state index < -0.39 is 0 Å². The topological polar surface area (TPSA) is 26.3 Å². The molecule has 12 heavy (non-hydrogen) atoms. The van der Waals surface area contributed by atoms with Crippen LogP contribution in [0.25, 0.3) is 0 Å². The first-order valence-corrected chi connectivity index (χ1v) is 3.98. The van der Waals surface area contributed by atoms with E-state index in [2.05, 4.69) is 4.74 Å². The molecule has 1 aromatic rings. The summed E-state index contributed by atoms with van der Waals surface area (Å²) in [6.07, 6.45) is 0. The number of hydrogen-bond donors (Lipinski definition) is 0. The summed E-state index contributed by atoms with van der Waals surface area (Å²) in [5, 5.41) is 0. The number of benzene rings is 1. The summed E-state index contributed by atoms with van der Waals surface area (Å²) < 4.78 is 4.50. The van der Waals surface area contributed by atoms with Gasteiger partial charge in [0.1, 0.15) is 0 Å². The Morgan fingerprint density at radius 2 is 1.67 bits per heavy atom. The molecule has 0 unspecified atom stereocenters. The van der Waals surface area contributed by atoms with E-state index in [0.717, 1.165) is 0 Å². The van der Waals surface area contributed by atoms with Crippen molar-refractivity contribution >= 4 is 5.97 Å². The van der Waals surface area contributed by atoms with Crippen molar-refractivity contribution in [2.45, 2.75) is 13.8 Å². The molecule has 0 bridgehead atoms. The molecule has 0 N–H and O–H groups in total. The van der Waals surface area contributed by atoms with Crippen molar-refractivity contribution in [3.8, 4) is 0 Å². The maximum absolute atomic E-state index is 10.8. The molecule has 0 aromatic heterocycles. The molecule has 0 amide bonds. The van der Waals surface area contributed by atoms with E-state index in [9.17, 15) is 4.79 Å². The summed E-state index contributed by atoms with van der Waals surface area (Å²) in [6.45, 7) is 4.00. The van der Waals surface area contributed by atoms with Crippen LogP contribution in [0.2, 0.25) is 0 Å². The van der Waals surface area contributed by atoms with Crippen LogP contribution in [0, 0.1) is 0 Å². The van der Waals surface area contributed by atoms with Crippen LogP contribution in [0.5, 0.6) is 0 Å². The van der Waals surface area contributed by atoms with Crippen molar-refractivity contribution in [2.75, 3.05) is 7.11 Å². The average molecular weight is 166 g/mol. The van der Waals surface area contributed by atoms with Crippen molar-refractivity contribution < 1.29 is 9.53 Å². The number of ether oxygens (including phenoxy) is 1. The molecule has 0 aliphatic rings. The van der Waals surface area contributed by atoms with Crippen LogP contribution in [0.3, 0.4) is 0 Å². The third kappa shape index (κ3) is 3.19. The predicted octanol–water partition coefficient (Wildman–Crippen LogP) is 2.50. The third-order valence-electron chi connectivity index (χ3n) is 1.19. The lowest BCUT2D eigenvalue weighted by atomic mass is 10.2. The lowest BCUT2D eigenvalue weighted by Gasteiger charge is -1.95. The SMILES string of the molecule is CC.COC(=O)c1ccccc1. The van der Waals surface area contributed by atoms with E-state index in [1.807, 2.05) is 19.9 Å². The summed E-state index contributed by atoms with van der Waals surface area (Å²) in [4.78, 5) is 10.8. The fourth-order valence-electron chi connectivity index (χ4n) is 0.692. The van der Waals surface area contributed by atoms with Gasteiger partial charge in [0.15, 0.2) is 0 Å². The van der Waals surface area contributed by atoms with E-state index in [1.54, 1.807) is 24.3 Å². The molecule has 0 atom stereocenters. The average Bonchev–Trinajstić information content (AvgIpc) is 2.21. The summed E-state index contributed by atoms with van der Waals surface area (Å²) in [6, 6.07) is 8.88. The van der Waals surface area contributed by atoms with E-state index in [0.29, 0.717) is 5.56 Å². The fraction of sp³-hybridized carbons (Fsp3) is 0.300. The van der Waals surface area contributed by atoms with Crippen molar-refractivity contribution in [3.63, 3.8) is 0 Å². The third-order valence-corrected chi connectivity index (χ3v) is 1.19. The van der Waals surface area contributed by atoms with Gasteiger partial charge in [0.05, 0.1) is 12.7 Å². The molecule has 0 saturated carbocycles. The van der Waals surface area contributed by atoms with E-state index >= 15 is 0 Å². The number of esters is 1. The predicted molar refractivity (Wildman–Crippen MR) is 49.1 cm³/mol. The van der Waals surface area contributed by atoms with Gasteiger partial charge in [0.2, 0.25) is 0 Å². The van der Waals surface area contributed by atoms with Gasteiger partial charge in [-0.25, -0.2) is 4.79 Å². The molecule has 0 aliphatic heterocycles. The summed E-state index contributed by atoms with van der Waals surface area (Å²) in [7, 11) is 1.37. The lowest BCUT2D eigenvalue weighted by molar-refractivity contribution is 0.0601. The van der Waals surface area contributed by atoms with Crippen molar-refractivity contribution in [2.24, 2.45) is 0 Å². The largest absolute Gasteiger partial charge is 0.465 e. The Balaban J connectivity index is 0.000000561. The van der Waals surface area contributed by atoms with Crippen molar-refractivity contribution in [1.29, 1.82) is 0 Å². The second-order valence-electron chi connectivity index (χ2n) is 1.86.